The maximum atomic E-state index is 11.8. The van der Waals surface area contributed by atoms with E-state index in [2.05, 4.69) is 25.8 Å². The number of hydrogen-bond donors (Lipinski definition) is 1. The van der Waals surface area contributed by atoms with E-state index in [1.165, 1.54) is 0 Å². The molecule has 19 heavy (non-hydrogen) atoms. The van der Waals surface area contributed by atoms with Crippen LogP contribution in [0.15, 0.2) is 4.79 Å². The zero-order valence-corrected chi connectivity index (χ0v) is 11.5. The van der Waals surface area contributed by atoms with Crippen molar-refractivity contribution in [2.75, 3.05) is 0 Å². The van der Waals surface area contributed by atoms with Crippen LogP contribution < -0.4 is 5.56 Å². The fraction of sp³-hybridized carbons (Fsp3) is 0.533. The predicted octanol–water partition coefficient (Wildman–Crippen LogP) is 2.27. The van der Waals surface area contributed by atoms with Crippen molar-refractivity contribution < 1.29 is 0 Å². The Labute approximate surface area is 112 Å². The Balaban J connectivity index is 2.59. The Bertz CT molecular complexity index is 650. The van der Waals surface area contributed by atoms with Crippen molar-refractivity contribution >= 4 is 0 Å². The lowest BCUT2D eigenvalue weighted by atomic mass is 9.70. The molecule has 1 unspecified atom stereocenters. The molecule has 98 valence electrons. The van der Waals surface area contributed by atoms with Gasteiger partial charge >= 0.3 is 0 Å². The van der Waals surface area contributed by atoms with Crippen LogP contribution in [-0.2, 0) is 12.8 Å². The highest BCUT2D eigenvalue weighted by Crippen LogP contribution is 2.37. The van der Waals surface area contributed by atoms with E-state index < -0.39 is 5.56 Å². The third-order valence-electron chi connectivity index (χ3n) is 4.05. The number of nitrogens with one attached hydrogen (secondary N) is 1. The lowest BCUT2D eigenvalue weighted by molar-refractivity contribution is 0.214. The molecule has 1 aromatic heterocycles. The maximum absolute atomic E-state index is 11.8. The van der Waals surface area contributed by atoms with Crippen molar-refractivity contribution in [1.82, 2.24) is 4.98 Å². The number of aryl methyl sites for hydroxylation is 1. The predicted molar refractivity (Wildman–Crippen MR) is 71.5 cm³/mol. The van der Waals surface area contributed by atoms with Gasteiger partial charge in [-0.2, -0.15) is 10.5 Å². The van der Waals surface area contributed by atoms with Crippen LogP contribution in [0.25, 0.3) is 0 Å². The summed E-state index contributed by atoms with van der Waals surface area (Å²) in [7, 11) is 0. The van der Waals surface area contributed by atoms with Crippen LogP contribution in [0.2, 0.25) is 0 Å². The Hall–Kier alpha value is -2.07. The highest BCUT2D eigenvalue weighted by Gasteiger charge is 2.31. The number of fused-ring (bicyclic) bond motifs is 1. The third-order valence-corrected chi connectivity index (χ3v) is 4.05. The average Bonchev–Trinajstić information content (AvgIpc) is 2.35. The fourth-order valence-electron chi connectivity index (χ4n) is 2.77. The summed E-state index contributed by atoms with van der Waals surface area (Å²) in [6.07, 6.45) is 2.53. The normalized spacial score (nSPS) is 18.3. The Morgan fingerprint density at radius 1 is 1.21 bits per heavy atom. The standard InChI is InChI=1S/C15H17N3O/c1-15(2,3)9-4-5-13-10(6-9)11(7-16)12(8-17)14(19)18-13/h9H,4-6H2,1-3H3,(H,18,19). The van der Waals surface area contributed by atoms with Gasteiger partial charge in [0.1, 0.15) is 17.7 Å². The van der Waals surface area contributed by atoms with E-state index in [-0.39, 0.29) is 16.5 Å². The number of H-pyrrole nitrogens is 1. The molecule has 0 aliphatic heterocycles. The van der Waals surface area contributed by atoms with Gasteiger partial charge in [-0.1, -0.05) is 20.8 Å². The second-order valence-corrected chi connectivity index (χ2v) is 6.19. The summed E-state index contributed by atoms with van der Waals surface area (Å²) in [6.45, 7) is 6.56. The zero-order chi connectivity index (χ0) is 14.2. The number of aromatic nitrogens is 1. The molecule has 2 rings (SSSR count). The molecule has 1 aliphatic rings. The highest BCUT2D eigenvalue weighted by atomic mass is 16.1. The smallest absolute Gasteiger partial charge is 0.267 e. The van der Waals surface area contributed by atoms with E-state index in [9.17, 15) is 10.1 Å². The summed E-state index contributed by atoms with van der Waals surface area (Å²) < 4.78 is 0. The van der Waals surface area contributed by atoms with Crippen LogP contribution in [0.4, 0.5) is 0 Å². The SMILES string of the molecule is CC(C)(C)C1CCc2[nH]c(=O)c(C#N)c(C#N)c2C1. The Morgan fingerprint density at radius 2 is 1.84 bits per heavy atom. The van der Waals surface area contributed by atoms with Crippen LogP contribution >= 0.6 is 0 Å². The number of pyridine rings is 1. The van der Waals surface area contributed by atoms with E-state index in [1.807, 2.05) is 12.1 Å². The van der Waals surface area contributed by atoms with Crippen LogP contribution in [-0.4, -0.2) is 4.98 Å². The molecule has 1 heterocycles. The largest absolute Gasteiger partial charge is 0.325 e. The number of aromatic amines is 1. The fourth-order valence-corrected chi connectivity index (χ4v) is 2.77. The lowest BCUT2D eigenvalue weighted by Crippen LogP contribution is -2.30. The first kappa shape index (κ1) is 13.4. The van der Waals surface area contributed by atoms with Gasteiger partial charge < -0.3 is 4.98 Å². The van der Waals surface area contributed by atoms with Gasteiger partial charge in [0.05, 0.1) is 5.56 Å². The molecule has 4 heteroatoms. The van der Waals surface area contributed by atoms with Crippen molar-refractivity contribution in [3.8, 4) is 12.1 Å². The highest BCUT2D eigenvalue weighted by molar-refractivity contribution is 5.51. The molecule has 0 spiro atoms. The molecule has 0 bridgehead atoms. The third kappa shape index (κ3) is 2.27. The molecule has 0 amide bonds. The monoisotopic (exact) mass is 255 g/mol. The Kier molecular flexibility index (Phi) is 3.20. The Morgan fingerprint density at radius 3 is 2.37 bits per heavy atom. The van der Waals surface area contributed by atoms with Crippen molar-refractivity contribution in [3.05, 3.63) is 32.7 Å². The van der Waals surface area contributed by atoms with Crippen LogP contribution in [0.1, 0.15) is 49.6 Å². The second-order valence-electron chi connectivity index (χ2n) is 6.19. The second kappa shape index (κ2) is 4.55. The zero-order valence-electron chi connectivity index (χ0n) is 11.5. The summed E-state index contributed by atoms with van der Waals surface area (Å²) in [5.41, 5.74) is 1.65. The van der Waals surface area contributed by atoms with Gasteiger partial charge in [0.2, 0.25) is 0 Å². The summed E-state index contributed by atoms with van der Waals surface area (Å²) in [4.78, 5) is 14.5. The van der Waals surface area contributed by atoms with Crippen LogP contribution in [0.3, 0.4) is 0 Å². The first-order valence-corrected chi connectivity index (χ1v) is 6.46. The van der Waals surface area contributed by atoms with Gasteiger partial charge in [-0.3, -0.25) is 4.79 Å². The van der Waals surface area contributed by atoms with E-state index in [4.69, 9.17) is 5.26 Å². The van der Waals surface area contributed by atoms with Crippen LogP contribution in [0, 0.1) is 34.0 Å². The molecule has 1 aliphatic carbocycles. The van der Waals surface area contributed by atoms with Gasteiger partial charge in [-0.05, 0) is 36.2 Å². The van der Waals surface area contributed by atoms with Gasteiger partial charge in [-0.25, -0.2) is 0 Å². The van der Waals surface area contributed by atoms with Gasteiger partial charge in [0, 0.05) is 5.69 Å². The molecule has 4 nitrogen and oxygen atoms in total. The number of nitrogens with zero attached hydrogens (tertiary/aromatic N) is 2. The molecule has 0 radical (unpaired) electrons. The van der Waals surface area contributed by atoms with Gasteiger partial charge in [0.15, 0.2) is 0 Å². The number of rotatable bonds is 0. The molecule has 0 saturated carbocycles. The molecule has 0 saturated heterocycles. The quantitative estimate of drug-likeness (QED) is 0.772. The molecular formula is C15H17N3O. The first-order chi connectivity index (χ1) is 8.88. The molecule has 1 N–H and O–H groups in total. The summed E-state index contributed by atoms with van der Waals surface area (Å²) in [5.74, 6) is 0.463. The first-order valence-electron chi connectivity index (χ1n) is 6.46. The maximum Gasteiger partial charge on any atom is 0.267 e. The van der Waals surface area contributed by atoms with Gasteiger partial charge in [0.25, 0.3) is 5.56 Å². The molecular weight excluding hydrogens is 238 g/mol. The molecule has 0 aromatic carbocycles. The summed E-state index contributed by atoms with van der Waals surface area (Å²) in [5, 5.41) is 18.3. The minimum Gasteiger partial charge on any atom is -0.325 e. The topological polar surface area (TPSA) is 80.4 Å². The molecule has 1 atom stereocenters. The van der Waals surface area contributed by atoms with Gasteiger partial charge in [-0.15, -0.1) is 0 Å². The average molecular weight is 255 g/mol. The minimum absolute atomic E-state index is 0.0455. The van der Waals surface area contributed by atoms with Crippen molar-refractivity contribution in [1.29, 1.82) is 10.5 Å². The molecule has 1 aromatic rings. The van der Waals surface area contributed by atoms with Crippen LogP contribution in [0.5, 0.6) is 0 Å². The van der Waals surface area contributed by atoms with Crippen molar-refractivity contribution in [3.63, 3.8) is 0 Å². The van der Waals surface area contributed by atoms with Crippen molar-refractivity contribution in [2.24, 2.45) is 11.3 Å². The van der Waals surface area contributed by atoms with Crippen molar-refractivity contribution in [2.45, 2.75) is 40.0 Å². The number of nitriles is 2. The lowest BCUT2D eigenvalue weighted by Gasteiger charge is -2.35. The summed E-state index contributed by atoms with van der Waals surface area (Å²) >= 11 is 0. The summed E-state index contributed by atoms with van der Waals surface area (Å²) in [6, 6.07) is 3.90. The molecule has 0 fully saturated rings. The van der Waals surface area contributed by atoms with E-state index >= 15 is 0 Å². The minimum atomic E-state index is -0.438. The van der Waals surface area contributed by atoms with E-state index in [0.717, 1.165) is 30.5 Å². The van der Waals surface area contributed by atoms with E-state index in [0.29, 0.717) is 5.92 Å². The van der Waals surface area contributed by atoms with E-state index in [1.54, 1.807) is 0 Å². The number of hydrogen-bond acceptors (Lipinski definition) is 3.